The van der Waals surface area contributed by atoms with E-state index in [-0.39, 0.29) is 19.4 Å². The van der Waals surface area contributed by atoms with Crippen LogP contribution in [-0.4, -0.2) is 47.2 Å². The lowest BCUT2D eigenvalue weighted by molar-refractivity contribution is 0.154. The summed E-state index contributed by atoms with van der Waals surface area (Å²) in [6, 6.07) is 10.4. The van der Waals surface area contributed by atoms with Crippen LogP contribution in [0.5, 0.6) is 17.2 Å². The summed E-state index contributed by atoms with van der Waals surface area (Å²) < 4.78 is 19.4. The normalized spacial score (nSPS) is 17.9. The lowest BCUT2D eigenvalue weighted by Crippen LogP contribution is -2.31. The highest BCUT2D eigenvalue weighted by Crippen LogP contribution is 2.38. The van der Waals surface area contributed by atoms with Gasteiger partial charge in [-0.15, -0.1) is 0 Å². The van der Waals surface area contributed by atoms with Crippen molar-refractivity contribution in [1.82, 2.24) is 9.47 Å². The highest BCUT2D eigenvalue weighted by molar-refractivity contribution is 6.31. The quantitative estimate of drug-likeness (QED) is 0.437. The fourth-order valence-electron chi connectivity index (χ4n) is 4.90. The van der Waals surface area contributed by atoms with E-state index in [0.717, 1.165) is 54.9 Å². The van der Waals surface area contributed by atoms with Crippen molar-refractivity contribution >= 4 is 22.5 Å². The van der Waals surface area contributed by atoms with E-state index in [9.17, 15) is 5.11 Å². The molecule has 0 aliphatic carbocycles. The van der Waals surface area contributed by atoms with Crippen LogP contribution in [0, 0.1) is 5.92 Å². The molecule has 5 rings (SSSR count). The van der Waals surface area contributed by atoms with Crippen molar-refractivity contribution in [2.75, 3.05) is 26.6 Å². The number of rotatable bonds is 9. The highest BCUT2D eigenvalue weighted by Gasteiger charge is 2.25. The zero-order chi connectivity index (χ0) is 23.7. The number of halogens is 1. The molecular weight excluding hydrogens is 452 g/mol. The fourth-order valence-corrected chi connectivity index (χ4v) is 5.12. The van der Waals surface area contributed by atoms with E-state index in [0.29, 0.717) is 29.8 Å². The molecule has 3 aromatic rings. The van der Waals surface area contributed by atoms with Crippen LogP contribution in [0.3, 0.4) is 0 Å². The Kier molecular flexibility index (Phi) is 6.91. The van der Waals surface area contributed by atoms with E-state index in [1.165, 1.54) is 10.9 Å². The van der Waals surface area contributed by atoms with Crippen molar-refractivity contribution in [1.29, 1.82) is 0 Å². The molecule has 0 amide bonds. The Hall–Kier alpha value is -2.41. The molecule has 34 heavy (non-hydrogen) atoms. The molecule has 1 atom stereocenters. The Bertz CT molecular complexity index is 1160. The first kappa shape index (κ1) is 23.3. The molecule has 1 fully saturated rings. The number of nitrogens with zero attached hydrogens (tertiary/aromatic N) is 2. The van der Waals surface area contributed by atoms with Crippen LogP contribution in [0.4, 0.5) is 0 Å². The number of fused-ring (bicyclic) bond motifs is 2. The molecule has 0 spiro atoms. The Labute approximate surface area is 206 Å². The molecule has 6 nitrogen and oxygen atoms in total. The zero-order valence-corrected chi connectivity index (χ0v) is 20.7. The molecule has 1 saturated heterocycles. The van der Waals surface area contributed by atoms with Gasteiger partial charge >= 0.3 is 0 Å². The van der Waals surface area contributed by atoms with Gasteiger partial charge < -0.3 is 23.9 Å². The van der Waals surface area contributed by atoms with Gasteiger partial charge in [0.2, 0.25) is 6.79 Å². The van der Waals surface area contributed by atoms with Gasteiger partial charge in [0.05, 0.1) is 13.2 Å². The van der Waals surface area contributed by atoms with Gasteiger partial charge in [-0.25, -0.2) is 0 Å². The van der Waals surface area contributed by atoms with Gasteiger partial charge in [-0.2, -0.15) is 0 Å². The maximum atomic E-state index is 9.82. The van der Waals surface area contributed by atoms with Crippen molar-refractivity contribution in [3.8, 4) is 17.2 Å². The first-order valence-corrected chi connectivity index (χ1v) is 12.6. The predicted molar refractivity (Wildman–Crippen MR) is 134 cm³/mol. The summed E-state index contributed by atoms with van der Waals surface area (Å²) >= 11 is 6.59. The van der Waals surface area contributed by atoms with E-state index in [1.807, 2.05) is 12.1 Å². The van der Waals surface area contributed by atoms with Crippen LogP contribution < -0.4 is 14.2 Å². The lowest BCUT2D eigenvalue weighted by Gasteiger charge is -2.22. The summed E-state index contributed by atoms with van der Waals surface area (Å²) in [5.41, 5.74) is 3.36. The second kappa shape index (κ2) is 10.1. The summed E-state index contributed by atoms with van der Waals surface area (Å²) in [6.45, 7) is 8.00. The standard InChI is InChI=1S/C27H33ClN2O4/c1-18(2)7-9-32-22-5-6-25-23(11-22)20(14-29-8-3-4-21(29)16-31)15-30(25)13-19-10-26-27(12-24(19)28)34-17-33-26/h5-6,10-12,15,18,21,31H,3-4,7-9,13-14,16-17H2,1-2H3/t21-/m0/s1. The van der Waals surface area contributed by atoms with Crippen LogP contribution in [0.2, 0.25) is 5.02 Å². The molecule has 3 heterocycles. The van der Waals surface area contributed by atoms with Crippen molar-refractivity contribution in [3.05, 3.63) is 52.7 Å². The molecule has 7 heteroatoms. The number of aliphatic hydroxyl groups is 1. The number of ether oxygens (including phenoxy) is 3. The minimum atomic E-state index is 0.203. The van der Waals surface area contributed by atoms with E-state index < -0.39 is 0 Å². The monoisotopic (exact) mass is 484 g/mol. The van der Waals surface area contributed by atoms with Crippen LogP contribution in [-0.2, 0) is 13.1 Å². The first-order chi connectivity index (χ1) is 16.5. The second-order valence-corrected chi connectivity index (χ2v) is 10.1. The van der Waals surface area contributed by atoms with Gasteiger partial charge in [0.1, 0.15) is 5.75 Å². The van der Waals surface area contributed by atoms with Crippen LogP contribution in [0.25, 0.3) is 10.9 Å². The molecule has 2 aliphatic heterocycles. The van der Waals surface area contributed by atoms with Gasteiger partial charge in [0.15, 0.2) is 11.5 Å². The van der Waals surface area contributed by atoms with Crippen LogP contribution >= 0.6 is 11.6 Å². The summed E-state index contributed by atoms with van der Waals surface area (Å²) in [5.74, 6) is 2.93. The second-order valence-electron chi connectivity index (χ2n) is 9.74. The average molecular weight is 485 g/mol. The fraction of sp³-hybridized carbons (Fsp3) is 0.481. The summed E-state index contributed by atoms with van der Waals surface area (Å²) in [7, 11) is 0. The smallest absolute Gasteiger partial charge is 0.231 e. The number of aliphatic hydroxyl groups excluding tert-OH is 1. The third-order valence-electron chi connectivity index (χ3n) is 6.86. The number of hydrogen-bond donors (Lipinski definition) is 1. The molecule has 1 aromatic heterocycles. The maximum Gasteiger partial charge on any atom is 0.231 e. The van der Waals surface area contributed by atoms with Gasteiger partial charge in [-0.1, -0.05) is 25.4 Å². The van der Waals surface area contributed by atoms with Gasteiger partial charge in [0.25, 0.3) is 0 Å². The van der Waals surface area contributed by atoms with Crippen LogP contribution in [0.1, 0.15) is 44.2 Å². The number of likely N-dealkylation sites (tertiary alicyclic amines) is 1. The Morgan fingerprint density at radius 3 is 2.74 bits per heavy atom. The van der Waals surface area contributed by atoms with Crippen molar-refractivity contribution in [2.24, 2.45) is 5.92 Å². The van der Waals surface area contributed by atoms with Crippen LogP contribution in [0.15, 0.2) is 36.5 Å². The highest BCUT2D eigenvalue weighted by atomic mass is 35.5. The Balaban J connectivity index is 1.47. The largest absolute Gasteiger partial charge is 0.494 e. The topological polar surface area (TPSA) is 56.1 Å². The summed E-state index contributed by atoms with van der Waals surface area (Å²) in [6.07, 6.45) is 5.42. The number of hydrogen-bond acceptors (Lipinski definition) is 5. The van der Waals surface area contributed by atoms with E-state index >= 15 is 0 Å². The van der Waals surface area contributed by atoms with Crippen molar-refractivity contribution in [3.63, 3.8) is 0 Å². The molecule has 1 N–H and O–H groups in total. The Morgan fingerprint density at radius 2 is 1.94 bits per heavy atom. The molecule has 2 aromatic carbocycles. The lowest BCUT2D eigenvalue weighted by atomic mass is 10.1. The minimum Gasteiger partial charge on any atom is -0.494 e. The number of benzene rings is 2. The van der Waals surface area contributed by atoms with E-state index in [4.69, 9.17) is 25.8 Å². The summed E-state index contributed by atoms with van der Waals surface area (Å²) in [4.78, 5) is 2.39. The molecular formula is C27H33ClN2O4. The molecule has 0 bridgehead atoms. The van der Waals surface area contributed by atoms with Crippen molar-refractivity contribution < 1.29 is 19.3 Å². The SMILES string of the molecule is CC(C)CCOc1ccc2c(c1)c(CN1CCC[C@H]1CO)cn2Cc1cc2c(cc1Cl)OCO2. The zero-order valence-electron chi connectivity index (χ0n) is 19.9. The van der Waals surface area contributed by atoms with Gasteiger partial charge in [-0.3, -0.25) is 4.90 Å². The maximum absolute atomic E-state index is 9.82. The van der Waals surface area contributed by atoms with E-state index in [1.54, 1.807) is 0 Å². The molecule has 2 aliphatic rings. The third-order valence-corrected chi connectivity index (χ3v) is 7.22. The Morgan fingerprint density at radius 1 is 1.12 bits per heavy atom. The van der Waals surface area contributed by atoms with Crippen molar-refractivity contribution in [2.45, 2.75) is 52.2 Å². The van der Waals surface area contributed by atoms with Gasteiger partial charge in [0, 0.05) is 47.3 Å². The summed E-state index contributed by atoms with van der Waals surface area (Å²) in [5, 5.41) is 11.7. The average Bonchev–Trinajstić information content (AvgIpc) is 3.53. The molecule has 182 valence electrons. The predicted octanol–water partition coefficient (Wildman–Crippen LogP) is 5.45. The van der Waals surface area contributed by atoms with E-state index in [2.05, 4.69) is 47.7 Å². The third kappa shape index (κ3) is 4.85. The molecule has 0 radical (unpaired) electrons. The number of aromatic nitrogens is 1. The molecule has 0 unspecified atom stereocenters. The first-order valence-electron chi connectivity index (χ1n) is 12.2. The molecule has 0 saturated carbocycles. The minimum absolute atomic E-state index is 0.203. The van der Waals surface area contributed by atoms with Gasteiger partial charge in [-0.05, 0) is 67.1 Å².